The topological polar surface area (TPSA) is 66.0 Å². The van der Waals surface area contributed by atoms with Crippen molar-refractivity contribution in [2.24, 2.45) is 0 Å². The van der Waals surface area contributed by atoms with Gasteiger partial charge in [-0.25, -0.2) is 0 Å². The molecule has 5 heteroatoms. The lowest BCUT2D eigenvalue weighted by Gasteiger charge is -2.13. The van der Waals surface area contributed by atoms with Gasteiger partial charge in [0.05, 0.1) is 7.11 Å². The number of halogens is 1. The number of nitrogens with zero attached hydrogens (tertiary/aromatic N) is 2. The zero-order chi connectivity index (χ0) is 16.7. The smallest absolute Gasteiger partial charge is 0.168 e. The first-order chi connectivity index (χ1) is 11.2. The number of hydrogen-bond acceptors (Lipinski definition) is 4. The summed E-state index contributed by atoms with van der Waals surface area (Å²) in [5.41, 5.74) is 1.63. The van der Waals surface area contributed by atoms with E-state index in [4.69, 9.17) is 20.0 Å². The first-order valence-electron chi connectivity index (χ1n) is 6.74. The van der Waals surface area contributed by atoms with Crippen LogP contribution in [0.5, 0.6) is 11.5 Å². The summed E-state index contributed by atoms with van der Waals surface area (Å²) in [5.74, 6) is 1.05. The van der Waals surface area contributed by atoms with Gasteiger partial charge in [-0.2, -0.15) is 10.5 Å². The van der Waals surface area contributed by atoms with Crippen molar-refractivity contribution in [2.45, 2.75) is 6.61 Å². The summed E-state index contributed by atoms with van der Waals surface area (Å²) in [6.07, 6.45) is 1.49. The maximum atomic E-state index is 8.92. The molecule has 0 spiro atoms. The van der Waals surface area contributed by atoms with E-state index in [0.29, 0.717) is 23.7 Å². The maximum absolute atomic E-state index is 8.92. The Balaban J connectivity index is 2.32. The van der Waals surface area contributed by atoms with E-state index in [2.05, 4.69) is 15.9 Å². The van der Waals surface area contributed by atoms with Gasteiger partial charge in [-0.05, 0) is 29.8 Å². The van der Waals surface area contributed by atoms with Gasteiger partial charge in [0.2, 0.25) is 0 Å². The van der Waals surface area contributed by atoms with Gasteiger partial charge < -0.3 is 9.47 Å². The number of benzene rings is 2. The zero-order valence-electron chi connectivity index (χ0n) is 12.4. The largest absolute Gasteiger partial charge is 0.493 e. The second-order valence-corrected chi connectivity index (χ2v) is 5.49. The predicted molar refractivity (Wildman–Crippen MR) is 90.7 cm³/mol. The van der Waals surface area contributed by atoms with E-state index in [1.165, 1.54) is 6.08 Å². The third kappa shape index (κ3) is 4.35. The molecule has 0 heterocycles. The highest BCUT2D eigenvalue weighted by Gasteiger charge is 2.10. The Hall–Kier alpha value is -2.76. The Bertz CT molecular complexity index is 783. The van der Waals surface area contributed by atoms with Crippen LogP contribution in [0, 0.1) is 22.7 Å². The van der Waals surface area contributed by atoms with Gasteiger partial charge in [0.25, 0.3) is 0 Å². The number of hydrogen-bond donors (Lipinski definition) is 0. The fraction of sp³-hybridized carbons (Fsp3) is 0.111. The summed E-state index contributed by atoms with van der Waals surface area (Å²) >= 11 is 3.39. The van der Waals surface area contributed by atoms with Gasteiger partial charge in [-0.1, -0.05) is 40.2 Å². The molecule has 4 nitrogen and oxygen atoms in total. The first-order valence-corrected chi connectivity index (χ1v) is 7.53. The van der Waals surface area contributed by atoms with Crippen molar-refractivity contribution in [2.75, 3.05) is 7.11 Å². The van der Waals surface area contributed by atoms with Crippen LogP contribution in [0.4, 0.5) is 0 Å². The average Bonchev–Trinajstić information content (AvgIpc) is 2.59. The second-order valence-electron chi connectivity index (χ2n) is 4.58. The van der Waals surface area contributed by atoms with E-state index in [1.807, 2.05) is 36.4 Å². The molecule has 0 radical (unpaired) electrons. The van der Waals surface area contributed by atoms with Gasteiger partial charge in [0, 0.05) is 10.0 Å². The van der Waals surface area contributed by atoms with Crippen LogP contribution in [0.1, 0.15) is 11.1 Å². The molecular formula is C18H13BrN2O2. The summed E-state index contributed by atoms with van der Waals surface area (Å²) < 4.78 is 12.2. The van der Waals surface area contributed by atoms with Crippen LogP contribution in [0.25, 0.3) is 6.08 Å². The lowest BCUT2D eigenvalue weighted by Crippen LogP contribution is -1.99. The molecule has 0 unspecified atom stereocenters. The van der Waals surface area contributed by atoms with Crippen LogP contribution < -0.4 is 9.47 Å². The number of ether oxygens (including phenoxy) is 2. The summed E-state index contributed by atoms with van der Waals surface area (Å²) in [6, 6.07) is 16.8. The normalized spacial score (nSPS) is 9.39. The van der Waals surface area contributed by atoms with Crippen molar-refractivity contribution in [1.82, 2.24) is 0 Å². The number of methoxy groups -OCH3 is 1. The quantitative estimate of drug-likeness (QED) is 0.730. The molecule has 0 aliphatic rings. The lowest BCUT2D eigenvalue weighted by atomic mass is 10.1. The van der Waals surface area contributed by atoms with E-state index < -0.39 is 0 Å². The van der Waals surface area contributed by atoms with E-state index >= 15 is 0 Å². The summed E-state index contributed by atoms with van der Waals surface area (Å²) in [5, 5.41) is 17.8. The third-order valence-electron chi connectivity index (χ3n) is 3.07. The molecule has 0 amide bonds. The fourth-order valence-electron chi connectivity index (χ4n) is 1.94. The van der Waals surface area contributed by atoms with Gasteiger partial charge in [0.1, 0.15) is 24.3 Å². The summed E-state index contributed by atoms with van der Waals surface area (Å²) in [7, 11) is 1.55. The molecule has 2 rings (SSSR count). The van der Waals surface area contributed by atoms with Crippen molar-refractivity contribution < 1.29 is 9.47 Å². The van der Waals surface area contributed by atoms with Gasteiger partial charge in [-0.3, -0.25) is 0 Å². The molecule has 0 saturated carbocycles. The van der Waals surface area contributed by atoms with Crippen molar-refractivity contribution >= 4 is 22.0 Å². The molecule has 2 aromatic rings. The van der Waals surface area contributed by atoms with Crippen LogP contribution in [0.2, 0.25) is 0 Å². The van der Waals surface area contributed by atoms with Crippen molar-refractivity contribution in [1.29, 1.82) is 10.5 Å². The van der Waals surface area contributed by atoms with Crippen molar-refractivity contribution in [3.05, 3.63) is 63.6 Å². The third-order valence-corrected chi connectivity index (χ3v) is 3.60. The van der Waals surface area contributed by atoms with Crippen LogP contribution in [-0.2, 0) is 6.61 Å². The minimum absolute atomic E-state index is 0.00625. The Kier molecular flexibility index (Phi) is 5.80. The van der Waals surface area contributed by atoms with Crippen LogP contribution >= 0.6 is 15.9 Å². The predicted octanol–water partition coefficient (Wildman–Crippen LogP) is 4.47. The molecule has 0 bridgehead atoms. The molecule has 2 aromatic carbocycles. The molecule has 0 aliphatic carbocycles. The number of rotatable bonds is 5. The Morgan fingerprint density at radius 2 is 1.83 bits per heavy atom. The Morgan fingerprint density at radius 1 is 1.13 bits per heavy atom. The summed E-state index contributed by atoms with van der Waals surface area (Å²) in [6.45, 7) is 0.350. The monoisotopic (exact) mass is 368 g/mol. The molecule has 0 atom stereocenters. The molecule has 0 aliphatic heterocycles. The fourth-order valence-corrected chi connectivity index (χ4v) is 2.21. The maximum Gasteiger partial charge on any atom is 0.168 e. The van der Waals surface area contributed by atoms with Crippen LogP contribution in [-0.4, -0.2) is 7.11 Å². The van der Waals surface area contributed by atoms with Crippen LogP contribution in [0.15, 0.2) is 52.5 Å². The number of nitriles is 2. The van der Waals surface area contributed by atoms with E-state index in [-0.39, 0.29) is 5.57 Å². The van der Waals surface area contributed by atoms with Crippen LogP contribution in [0.3, 0.4) is 0 Å². The van der Waals surface area contributed by atoms with Gasteiger partial charge in [-0.15, -0.1) is 0 Å². The molecule has 0 N–H and O–H groups in total. The number of allylic oxidation sites excluding steroid dienone is 1. The molecule has 0 fully saturated rings. The standard InChI is InChI=1S/C18H13BrN2O2/c1-22-17-4-2-3-15(9-14(10-20)11-21)18(17)23-12-13-5-7-16(19)8-6-13/h2-9H,12H2,1H3. The number of para-hydroxylation sites is 1. The minimum atomic E-state index is 0.00625. The van der Waals surface area contributed by atoms with E-state index in [0.717, 1.165) is 10.0 Å². The lowest BCUT2D eigenvalue weighted by molar-refractivity contribution is 0.284. The first kappa shape index (κ1) is 16.6. The van der Waals surface area contributed by atoms with Crippen molar-refractivity contribution in [3.63, 3.8) is 0 Å². The van der Waals surface area contributed by atoms with Crippen molar-refractivity contribution in [3.8, 4) is 23.6 Å². The van der Waals surface area contributed by atoms with E-state index in [1.54, 1.807) is 25.3 Å². The average molecular weight is 369 g/mol. The molecule has 114 valence electrons. The molecular weight excluding hydrogens is 356 g/mol. The molecule has 0 aromatic heterocycles. The highest BCUT2D eigenvalue weighted by atomic mass is 79.9. The Labute approximate surface area is 143 Å². The second kappa shape index (κ2) is 8.03. The zero-order valence-corrected chi connectivity index (χ0v) is 14.0. The Morgan fingerprint density at radius 3 is 2.43 bits per heavy atom. The highest BCUT2D eigenvalue weighted by Crippen LogP contribution is 2.33. The highest BCUT2D eigenvalue weighted by molar-refractivity contribution is 9.10. The molecule has 23 heavy (non-hydrogen) atoms. The van der Waals surface area contributed by atoms with Gasteiger partial charge >= 0.3 is 0 Å². The minimum Gasteiger partial charge on any atom is -0.493 e. The van der Waals surface area contributed by atoms with E-state index in [9.17, 15) is 0 Å². The summed E-state index contributed by atoms with van der Waals surface area (Å²) in [4.78, 5) is 0. The molecule has 0 saturated heterocycles. The van der Waals surface area contributed by atoms with Gasteiger partial charge in [0.15, 0.2) is 11.5 Å². The SMILES string of the molecule is COc1cccc(C=C(C#N)C#N)c1OCc1ccc(Br)cc1.